The molecule has 0 spiro atoms. The molecule has 1 unspecified atom stereocenters. The third-order valence-electron chi connectivity index (χ3n) is 4.48. The molecule has 1 aliphatic rings. The highest BCUT2D eigenvalue weighted by molar-refractivity contribution is 5.78. The molecule has 3 aromatic rings. The number of nitrogens with zero attached hydrogens (tertiary/aromatic N) is 3. The SMILES string of the molecule is Cc1ncnc2c1ccn2C1CC[C@@H](Cc2ccc(F)cc2)O1. The maximum absolute atomic E-state index is 13.0. The lowest BCUT2D eigenvalue weighted by atomic mass is 10.1. The highest BCUT2D eigenvalue weighted by Crippen LogP contribution is 2.32. The lowest BCUT2D eigenvalue weighted by Crippen LogP contribution is -2.13. The van der Waals surface area contributed by atoms with Gasteiger partial charge in [0, 0.05) is 11.6 Å². The zero-order valence-electron chi connectivity index (χ0n) is 12.9. The molecule has 0 N–H and O–H groups in total. The first kappa shape index (κ1) is 14.3. The van der Waals surface area contributed by atoms with E-state index in [0.29, 0.717) is 0 Å². The summed E-state index contributed by atoms with van der Waals surface area (Å²) in [7, 11) is 0. The van der Waals surface area contributed by atoms with Crippen molar-refractivity contribution in [1.82, 2.24) is 14.5 Å². The molecule has 0 aliphatic carbocycles. The fourth-order valence-electron chi connectivity index (χ4n) is 3.25. The van der Waals surface area contributed by atoms with Gasteiger partial charge in [-0.2, -0.15) is 0 Å². The molecule has 5 heteroatoms. The summed E-state index contributed by atoms with van der Waals surface area (Å²) in [5.74, 6) is -0.201. The summed E-state index contributed by atoms with van der Waals surface area (Å²) in [5.41, 5.74) is 3.01. The monoisotopic (exact) mass is 311 g/mol. The van der Waals surface area contributed by atoms with Crippen LogP contribution in [0.1, 0.15) is 30.3 Å². The fourth-order valence-corrected chi connectivity index (χ4v) is 3.25. The van der Waals surface area contributed by atoms with Crippen LogP contribution in [0.25, 0.3) is 11.0 Å². The van der Waals surface area contributed by atoms with E-state index in [9.17, 15) is 4.39 Å². The summed E-state index contributed by atoms with van der Waals surface area (Å²) in [4.78, 5) is 8.62. The molecule has 1 aliphatic heterocycles. The number of halogens is 1. The quantitative estimate of drug-likeness (QED) is 0.738. The Hall–Kier alpha value is -2.27. The second-order valence-corrected chi connectivity index (χ2v) is 6.04. The minimum Gasteiger partial charge on any atom is -0.354 e. The zero-order valence-corrected chi connectivity index (χ0v) is 12.9. The van der Waals surface area contributed by atoms with Gasteiger partial charge < -0.3 is 9.30 Å². The van der Waals surface area contributed by atoms with Gasteiger partial charge in [0.15, 0.2) is 0 Å². The number of fused-ring (bicyclic) bond motifs is 1. The van der Waals surface area contributed by atoms with Crippen molar-refractivity contribution in [1.29, 1.82) is 0 Å². The molecule has 4 nitrogen and oxygen atoms in total. The number of rotatable bonds is 3. The molecule has 0 saturated carbocycles. The Kier molecular flexibility index (Phi) is 3.58. The van der Waals surface area contributed by atoms with Crippen LogP contribution in [-0.2, 0) is 11.2 Å². The van der Waals surface area contributed by atoms with Crippen LogP contribution in [0, 0.1) is 12.7 Å². The van der Waals surface area contributed by atoms with Gasteiger partial charge >= 0.3 is 0 Å². The summed E-state index contributed by atoms with van der Waals surface area (Å²) in [5, 5.41) is 1.07. The van der Waals surface area contributed by atoms with E-state index in [4.69, 9.17) is 4.74 Å². The van der Waals surface area contributed by atoms with Gasteiger partial charge in [-0.3, -0.25) is 0 Å². The van der Waals surface area contributed by atoms with Gasteiger partial charge in [-0.1, -0.05) is 12.1 Å². The van der Waals surface area contributed by atoms with Crippen LogP contribution in [0.5, 0.6) is 0 Å². The number of hydrogen-bond acceptors (Lipinski definition) is 3. The van der Waals surface area contributed by atoms with Crippen molar-refractivity contribution in [3.05, 3.63) is 59.9 Å². The lowest BCUT2D eigenvalue weighted by molar-refractivity contribution is 0.00504. The summed E-state index contributed by atoms with van der Waals surface area (Å²) in [6, 6.07) is 8.70. The van der Waals surface area contributed by atoms with Crippen molar-refractivity contribution in [2.75, 3.05) is 0 Å². The fraction of sp³-hybridized carbons (Fsp3) is 0.333. The van der Waals surface area contributed by atoms with E-state index in [-0.39, 0.29) is 18.1 Å². The molecule has 1 fully saturated rings. The second-order valence-electron chi connectivity index (χ2n) is 6.04. The summed E-state index contributed by atoms with van der Waals surface area (Å²) < 4.78 is 21.3. The maximum atomic E-state index is 13.0. The molecular weight excluding hydrogens is 293 g/mol. The normalized spacial score (nSPS) is 21.1. The number of benzene rings is 1. The first-order valence-corrected chi connectivity index (χ1v) is 7.89. The molecule has 23 heavy (non-hydrogen) atoms. The van der Waals surface area contributed by atoms with Gasteiger partial charge in [0.1, 0.15) is 24.0 Å². The molecular formula is C18H18FN3O. The van der Waals surface area contributed by atoms with E-state index < -0.39 is 0 Å². The highest BCUT2D eigenvalue weighted by Gasteiger charge is 2.27. The molecule has 1 aromatic carbocycles. The minimum absolute atomic E-state index is 0.00671. The Balaban J connectivity index is 1.51. The van der Waals surface area contributed by atoms with E-state index in [2.05, 4.69) is 14.5 Å². The Labute approximate surface area is 133 Å². The predicted octanol–water partition coefficient (Wildman–Crippen LogP) is 3.80. The van der Waals surface area contributed by atoms with E-state index in [1.54, 1.807) is 6.33 Å². The first-order valence-electron chi connectivity index (χ1n) is 7.89. The third kappa shape index (κ3) is 2.72. The highest BCUT2D eigenvalue weighted by atomic mass is 19.1. The van der Waals surface area contributed by atoms with E-state index in [0.717, 1.165) is 41.6 Å². The van der Waals surface area contributed by atoms with Crippen LogP contribution in [0.4, 0.5) is 4.39 Å². The molecule has 118 valence electrons. The van der Waals surface area contributed by atoms with Crippen molar-refractivity contribution < 1.29 is 9.13 Å². The number of aromatic nitrogens is 3. The van der Waals surface area contributed by atoms with Crippen molar-refractivity contribution in [3.8, 4) is 0 Å². The second kappa shape index (κ2) is 5.74. The predicted molar refractivity (Wildman–Crippen MR) is 85.5 cm³/mol. The largest absolute Gasteiger partial charge is 0.354 e. The van der Waals surface area contributed by atoms with Crippen molar-refractivity contribution in [3.63, 3.8) is 0 Å². The van der Waals surface area contributed by atoms with Crippen LogP contribution in [0.2, 0.25) is 0 Å². The summed E-state index contributed by atoms with van der Waals surface area (Å²) in [6.07, 6.45) is 6.54. The number of aryl methyl sites for hydroxylation is 1. The Morgan fingerprint density at radius 3 is 2.83 bits per heavy atom. The average molecular weight is 311 g/mol. The van der Waals surface area contributed by atoms with Crippen molar-refractivity contribution in [2.24, 2.45) is 0 Å². The van der Waals surface area contributed by atoms with Crippen LogP contribution in [-0.4, -0.2) is 20.6 Å². The Morgan fingerprint density at radius 2 is 2.00 bits per heavy atom. The van der Waals surface area contributed by atoms with Gasteiger partial charge in [-0.15, -0.1) is 0 Å². The first-order chi connectivity index (χ1) is 11.2. The molecule has 2 atom stereocenters. The van der Waals surface area contributed by atoms with Crippen LogP contribution >= 0.6 is 0 Å². The van der Waals surface area contributed by atoms with Gasteiger partial charge in [-0.05, 0) is 49.9 Å². The van der Waals surface area contributed by atoms with Gasteiger partial charge in [0.05, 0.1) is 11.8 Å². The molecule has 4 rings (SSSR count). The third-order valence-corrected chi connectivity index (χ3v) is 4.48. The molecule has 0 bridgehead atoms. The minimum atomic E-state index is -0.201. The Morgan fingerprint density at radius 1 is 1.17 bits per heavy atom. The van der Waals surface area contributed by atoms with E-state index >= 15 is 0 Å². The topological polar surface area (TPSA) is 39.9 Å². The average Bonchev–Trinajstić information content (AvgIpc) is 3.17. The zero-order chi connectivity index (χ0) is 15.8. The summed E-state index contributed by atoms with van der Waals surface area (Å²) >= 11 is 0. The van der Waals surface area contributed by atoms with Crippen LogP contribution in [0.3, 0.4) is 0 Å². The number of hydrogen-bond donors (Lipinski definition) is 0. The van der Waals surface area contributed by atoms with E-state index in [1.165, 1.54) is 12.1 Å². The lowest BCUT2D eigenvalue weighted by Gasteiger charge is -2.16. The van der Waals surface area contributed by atoms with Crippen molar-refractivity contribution >= 4 is 11.0 Å². The van der Waals surface area contributed by atoms with Gasteiger partial charge in [0.2, 0.25) is 0 Å². The molecule has 1 saturated heterocycles. The van der Waals surface area contributed by atoms with Gasteiger partial charge in [-0.25, -0.2) is 14.4 Å². The maximum Gasteiger partial charge on any atom is 0.145 e. The molecule has 0 radical (unpaired) electrons. The van der Waals surface area contributed by atoms with Crippen LogP contribution < -0.4 is 0 Å². The Bertz CT molecular complexity index is 828. The molecule has 0 amide bonds. The molecule has 3 heterocycles. The smallest absolute Gasteiger partial charge is 0.145 e. The van der Waals surface area contributed by atoms with Gasteiger partial charge in [0.25, 0.3) is 0 Å². The van der Waals surface area contributed by atoms with E-state index in [1.807, 2.05) is 31.3 Å². The van der Waals surface area contributed by atoms with Crippen LogP contribution in [0.15, 0.2) is 42.9 Å². The number of ether oxygens (including phenoxy) is 1. The van der Waals surface area contributed by atoms with Crippen molar-refractivity contribution in [2.45, 2.75) is 38.5 Å². The summed E-state index contributed by atoms with van der Waals surface area (Å²) in [6.45, 7) is 1.99. The molecule has 2 aromatic heterocycles. The standard InChI is InChI=1S/C18H18FN3O/c1-12-16-8-9-22(18(16)21-11-20-12)17-7-6-15(23-17)10-13-2-4-14(19)5-3-13/h2-5,8-9,11,15,17H,6-7,10H2,1H3/t15-,17?/m0/s1.